The van der Waals surface area contributed by atoms with E-state index in [0.717, 1.165) is 17.4 Å². The van der Waals surface area contributed by atoms with Gasteiger partial charge < -0.3 is 10.1 Å². The summed E-state index contributed by atoms with van der Waals surface area (Å²) in [5, 5.41) is 3.96. The van der Waals surface area contributed by atoms with Crippen molar-refractivity contribution in [1.82, 2.24) is 10.3 Å². The molecule has 0 spiro atoms. The fourth-order valence-corrected chi connectivity index (χ4v) is 3.02. The maximum Gasteiger partial charge on any atom is 0.141 e. The lowest BCUT2D eigenvalue weighted by molar-refractivity contribution is 0.156. The van der Waals surface area contributed by atoms with E-state index in [2.05, 4.69) is 10.3 Å². The Kier molecular flexibility index (Phi) is 3.68. The molecule has 1 N–H and O–H groups in total. The van der Waals surface area contributed by atoms with Crippen molar-refractivity contribution >= 4 is 11.6 Å². The molecule has 3 rings (SSSR count). The molecule has 1 aromatic heterocycles. The van der Waals surface area contributed by atoms with E-state index in [1.54, 1.807) is 6.07 Å². The van der Waals surface area contributed by atoms with Gasteiger partial charge in [-0.05, 0) is 70.2 Å². The van der Waals surface area contributed by atoms with Crippen LogP contribution in [0.3, 0.4) is 0 Å². The van der Waals surface area contributed by atoms with Crippen LogP contribution >= 0.6 is 11.6 Å². The molecule has 0 bridgehead atoms. The van der Waals surface area contributed by atoms with Crippen molar-refractivity contribution in [3.63, 3.8) is 0 Å². The summed E-state index contributed by atoms with van der Waals surface area (Å²) in [5.41, 5.74) is 0.976. The molecule has 2 fully saturated rings. The number of hydrogen-bond donors (Lipinski definition) is 1. The molecule has 1 aliphatic heterocycles. The highest BCUT2D eigenvalue weighted by Crippen LogP contribution is 2.45. The fourth-order valence-electron chi connectivity index (χ4n) is 2.83. The highest BCUT2D eigenvalue weighted by atomic mass is 35.5. The Morgan fingerprint density at radius 3 is 2.95 bits per heavy atom. The molecule has 3 nitrogen and oxygen atoms in total. The van der Waals surface area contributed by atoms with E-state index in [9.17, 15) is 0 Å². The van der Waals surface area contributed by atoms with Gasteiger partial charge in [0.25, 0.3) is 0 Å². The highest BCUT2D eigenvalue weighted by molar-refractivity contribution is 6.29. The van der Waals surface area contributed by atoms with Gasteiger partial charge in [0, 0.05) is 0 Å². The molecule has 1 atom stereocenters. The van der Waals surface area contributed by atoms with Crippen LogP contribution in [-0.4, -0.2) is 23.7 Å². The third-order valence-corrected chi connectivity index (χ3v) is 4.52. The van der Waals surface area contributed by atoms with Gasteiger partial charge in [0.15, 0.2) is 0 Å². The van der Waals surface area contributed by atoms with Crippen LogP contribution in [0.15, 0.2) is 12.1 Å². The number of pyridine rings is 1. The van der Waals surface area contributed by atoms with Crippen molar-refractivity contribution < 1.29 is 4.74 Å². The molecule has 1 aliphatic carbocycles. The summed E-state index contributed by atoms with van der Waals surface area (Å²) in [7, 11) is 0. The number of rotatable bonds is 5. The first kappa shape index (κ1) is 13.2. The fraction of sp³-hybridized carbons (Fsp3) is 0.667. The van der Waals surface area contributed by atoms with Crippen molar-refractivity contribution in [3.05, 3.63) is 23.0 Å². The zero-order valence-corrected chi connectivity index (χ0v) is 12.2. The molecule has 1 aromatic rings. The summed E-state index contributed by atoms with van der Waals surface area (Å²) in [4.78, 5) is 4.25. The second-order valence-corrected chi connectivity index (χ2v) is 6.29. The Labute approximate surface area is 119 Å². The van der Waals surface area contributed by atoms with E-state index in [1.165, 1.54) is 45.2 Å². The monoisotopic (exact) mass is 280 g/mol. The van der Waals surface area contributed by atoms with Crippen LogP contribution in [0.2, 0.25) is 5.15 Å². The average Bonchev–Trinajstić information content (AvgIpc) is 2.95. The van der Waals surface area contributed by atoms with Gasteiger partial charge in [-0.3, -0.25) is 0 Å². The van der Waals surface area contributed by atoms with Crippen molar-refractivity contribution in [2.75, 3.05) is 13.1 Å². The Bertz CT molecular complexity index is 453. The molecule has 1 saturated heterocycles. The molecule has 2 aliphatic rings. The minimum Gasteiger partial charge on any atom is -0.485 e. The molecular formula is C15H21ClN2O. The van der Waals surface area contributed by atoms with Crippen molar-refractivity contribution in [1.29, 1.82) is 0 Å². The first-order valence-electron chi connectivity index (χ1n) is 7.20. The predicted molar refractivity (Wildman–Crippen MR) is 76.8 cm³/mol. The molecular weight excluding hydrogens is 260 g/mol. The lowest BCUT2D eigenvalue weighted by atomic mass is 9.99. The molecule has 19 heavy (non-hydrogen) atoms. The summed E-state index contributed by atoms with van der Waals surface area (Å²) < 4.78 is 6.22. The lowest BCUT2D eigenvalue weighted by Gasteiger charge is -2.20. The molecule has 1 saturated carbocycles. The van der Waals surface area contributed by atoms with Gasteiger partial charge in [-0.15, -0.1) is 0 Å². The van der Waals surface area contributed by atoms with Crippen LogP contribution in [0.4, 0.5) is 0 Å². The Morgan fingerprint density at radius 2 is 2.32 bits per heavy atom. The van der Waals surface area contributed by atoms with Gasteiger partial charge >= 0.3 is 0 Å². The molecule has 2 heterocycles. The first-order valence-corrected chi connectivity index (χ1v) is 7.58. The standard InChI is InChI=1S/C15H21ClN2O/c1-11-13(2-3-14(16)18-11)19-15(7-8-15)6-4-12-5-9-17-10-12/h2-3,12,17H,4-10H2,1H3/t12-/m0/s1. The van der Waals surface area contributed by atoms with E-state index in [0.29, 0.717) is 5.15 Å². The zero-order valence-electron chi connectivity index (χ0n) is 11.4. The van der Waals surface area contributed by atoms with E-state index >= 15 is 0 Å². The van der Waals surface area contributed by atoms with Crippen LogP contribution in [-0.2, 0) is 0 Å². The Morgan fingerprint density at radius 1 is 1.47 bits per heavy atom. The number of ether oxygens (including phenoxy) is 1. The molecule has 0 unspecified atom stereocenters. The maximum absolute atomic E-state index is 6.22. The second-order valence-electron chi connectivity index (χ2n) is 5.90. The van der Waals surface area contributed by atoms with Gasteiger partial charge in [0.05, 0.1) is 5.69 Å². The van der Waals surface area contributed by atoms with Gasteiger partial charge in [0.1, 0.15) is 16.5 Å². The van der Waals surface area contributed by atoms with Crippen LogP contribution in [0, 0.1) is 12.8 Å². The number of halogens is 1. The number of aryl methyl sites for hydroxylation is 1. The highest BCUT2D eigenvalue weighted by Gasteiger charge is 2.45. The van der Waals surface area contributed by atoms with Gasteiger partial charge in [0.2, 0.25) is 0 Å². The summed E-state index contributed by atoms with van der Waals surface area (Å²) in [6, 6.07) is 3.75. The van der Waals surface area contributed by atoms with Crippen LogP contribution < -0.4 is 10.1 Å². The minimum atomic E-state index is 0.0862. The zero-order chi connectivity index (χ0) is 13.3. The van der Waals surface area contributed by atoms with Crippen LogP contribution in [0.1, 0.15) is 37.8 Å². The Hall–Kier alpha value is -0.800. The summed E-state index contributed by atoms with van der Waals surface area (Å²) in [6.45, 7) is 4.31. The molecule has 0 aromatic carbocycles. The maximum atomic E-state index is 6.22. The number of nitrogens with one attached hydrogen (secondary N) is 1. The third kappa shape index (κ3) is 3.21. The lowest BCUT2D eigenvalue weighted by Crippen LogP contribution is -2.21. The van der Waals surface area contributed by atoms with Crippen LogP contribution in [0.25, 0.3) is 0 Å². The summed E-state index contributed by atoms with van der Waals surface area (Å²) in [5.74, 6) is 1.73. The quantitative estimate of drug-likeness (QED) is 0.840. The molecule has 0 amide bonds. The average molecular weight is 281 g/mol. The second kappa shape index (κ2) is 5.29. The third-order valence-electron chi connectivity index (χ3n) is 4.31. The summed E-state index contributed by atoms with van der Waals surface area (Å²) in [6.07, 6.45) is 6.11. The van der Waals surface area contributed by atoms with Crippen molar-refractivity contribution in [2.45, 2.75) is 44.6 Å². The van der Waals surface area contributed by atoms with Gasteiger partial charge in [-0.25, -0.2) is 4.98 Å². The van der Waals surface area contributed by atoms with Crippen LogP contribution in [0.5, 0.6) is 5.75 Å². The van der Waals surface area contributed by atoms with E-state index in [4.69, 9.17) is 16.3 Å². The van der Waals surface area contributed by atoms with Gasteiger partial charge in [-0.1, -0.05) is 11.6 Å². The molecule has 0 radical (unpaired) electrons. The first-order chi connectivity index (χ1) is 9.17. The smallest absolute Gasteiger partial charge is 0.141 e. The number of hydrogen-bond acceptors (Lipinski definition) is 3. The van der Waals surface area contributed by atoms with Gasteiger partial charge in [-0.2, -0.15) is 0 Å². The largest absolute Gasteiger partial charge is 0.485 e. The normalized spacial score (nSPS) is 24.4. The molecule has 4 heteroatoms. The summed E-state index contributed by atoms with van der Waals surface area (Å²) >= 11 is 5.88. The predicted octanol–water partition coefficient (Wildman–Crippen LogP) is 3.34. The minimum absolute atomic E-state index is 0.0862. The van der Waals surface area contributed by atoms with Crippen molar-refractivity contribution in [3.8, 4) is 5.75 Å². The van der Waals surface area contributed by atoms with E-state index in [-0.39, 0.29) is 5.60 Å². The SMILES string of the molecule is Cc1nc(Cl)ccc1OC1(CC[C@H]2CCNC2)CC1. The van der Waals surface area contributed by atoms with E-state index < -0.39 is 0 Å². The number of nitrogens with zero attached hydrogens (tertiary/aromatic N) is 1. The van der Waals surface area contributed by atoms with E-state index in [1.807, 2.05) is 13.0 Å². The number of aromatic nitrogens is 1. The topological polar surface area (TPSA) is 34.1 Å². The molecule has 104 valence electrons. The Balaban J connectivity index is 1.58. The van der Waals surface area contributed by atoms with Crippen molar-refractivity contribution in [2.24, 2.45) is 5.92 Å².